The Labute approximate surface area is 119 Å². The molecule has 1 heterocycles. The summed E-state index contributed by atoms with van der Waals surface area (Å²) in [6, 6.07) is 3.83. The Hall–Kier alpha value is -1.95. The Balaban J connectivity index is 2.24. The molecular weight excluding hydrogens is 308 g/mol. The predicted molar refractivity (Wildman–Crippen MR) is 76.7 cm³/mol. The summed E-state index contributed by atoms with van der Waals surface area (Å²) >= 11 is 3.50. The van der Waals surface area contributed by atoms with Gasteiger partial charge in [-0.1, -0.05) is 15.9 Å². The maximum Gasteiger partial charge on any atom is 0.237 e. The lowest BCUT2D eigenvalue weighted by atomic mass is 10.1. The van der Waals surface area contributed by atoms with Crippen molar-refractivity contribution in [3.8, 4) is 11.6 Å². The zero-order valence-corrected chi connectivity index (χ0v) is 12.2. The quantitative estimate of drug-likeness (QED) is 0.672. The van der Waals surface area contributed by atoms with E-state index in [4.69, 9.17) is 15.9 Å². The van der Waals surface area contributed by atoms with E-state index in [1.807, 2.05) is 26.0 Å². The van der Waals surface area contributed by atoms with Crippen molar-refractivity contribution in [2.24, 2.45) is 5.73 Å². The van der Waals surface area contributed by atoms with E-state index < -0.39 is 0 Å². The Morgan fingerprint density at radius 3 is 2.32 bits per heavy atom. The summed E-state index contributed by atoms with van der Waals surface area (Å²) in [4.78, 5) is 8.05. The molecule has 5 nitrogen and oxygen atoms in total. The first kappa shape index (κ1) is 13.5. The lowest BCUT2D eigenvalue weighted by Crippen LogP contribution is -2.13. The lowest BCUT2D eigenvalue weighted by Gasteiger charge is -2.09. The molecule has 19 heavy (non-hydrogen) atoms. The summed E-state index contributed by atoms with van der Waals surface area (Å²) in [5, 5.41) is 7.24. The van der Waals surface area contributed by atoms with Gasteiger partial charge >= 0.3 is 0 Å². The zero-order valence-electron chi connectivity index (χ0n) is 10.6. The molecule has 0 amide bonds. The van der Waals surface area contributed by atoms with Gasteiger partial charge in [0.2, 0.25) is 5.88 Å². The molecule has 0 aliphatic heterocycles. The van der Waals surface area contributed by atoms with E-state index in [-0.39, 0.29) is 5.84 Å². The smallest absolute Gasteiger partial charge is 0.237 e. The minimum Gasteiger partial charge on any atom is -0.437 e. The number of amidine groups is 1. The highest BCUT2D eigenvalue weighted by Crippen LogP contribution is 2.28. The van der Waals surface area contributed by atoms with Crippen LogP contribution in [0.25, 0.3) is 0 Å². The van der Waals surface area contributed by atoms with Gasteiger partial charge in [0.1, 0.15) is 17.3 Å². The number of hydrogen-bond acceptors (Lipinski definition) is 4. The van der Waals surface area contributed by atoms with E-state index in [0.717, 1.165) is 15.6 Å². The number of nitrogens with one attached hydrogen (secondary N) is 1. The van der Waals surface area contributed by atoms with E-state index in [2.05, 4.69) is 25.9 Å². The van der Waals surface area contributed by atoms with Crippen LogP contribution in [-0.2, 0) is 0 Å². The summed E-state index contributed by atoms with van der Waals surface area (Å²) in [7, 11) is 0. The number of benzene rings is 1. The monoisotopic (exact) mass is 320 g/mol. The van der Waals surface area contributed by atoms with Crippen LogP contribution < -0.4 is 10.5 Å². The van der Waals surface area contributed by atoms with Crippen molar-refractivity contribution >= 4 is 21.8 Å². The average molecular weight is 321 g/mol. The van der Waals surface area contributed by atoms with Crippen LogP contribution >= 0.6 is 15.9 Å². The topological polar surface area (TPSA) is 84.9 Å². The van der Waals surface area contributed by atoms with Gasteiger partial charge in [-0.15, -0.1) is 0 Å². The van der Waals surface area contributed by atoms with Crippen LogP contribution in [0.15, 0.2) is 29.0 Å². The molecule has 0 saturated carbocycles. The van der Waals surface area contributed by atoms with Gasteiger partial charge in [0, 0.05) is 4.47 Å². The number of aryl methyl sites for hydroxylation is 2. The fourth-order valence-electron chi connectivity index (χ4n) is 1.59. The number of halogens is 1. The van der Waals surface area contributed by atoms with Crippen LogP contribution in [0.3, 0.4) is 0 Å². The third-order valence-corrected chi connectivity index (χ3v) is 3.79. The molecule has 2 rings (SSSR count). The van der Waals surface area contributed by atoms with Crippen LogP contribution in [0.4, 0.5) is 0 Å². The third-order valence-electron chi connectivity index (χ3n) is 2.54. The Bertz CT molecular complexity index is 602. The molecule has 3 N–H and O–H groups in total. The van der Waals surface area contributed by atoms with Crippen molar-refractivity contribution in [2.45, 2.75) is 13.8 Å². The fraction of sp³-hybridized carbons (Fsp3) is 0.154. The SMILES string of the molecule is Cc1cc(Oc2cnc(C(=N)N)cn2)cc(C)c1Br. The number of nitrogen functional groups attached to an aromatic ring is 1. The van der Waals surface area contributed by atoms with Crippen LogP contribution in [0.5, 0.6) is 11.6 Å². The van der Waals surface area contributed by atoms with Crippen LogP contribution in [0, 0.1) is 19.3 Å². The zero-order chi connectivity index (χ0) is 14.0. The van der Waals surface area contributed by atoms with Crippen molar-refractivity contribution in [1.82, 2.24) is 9.97 Å². The molecule has 0 unspecified atom stereocenters. The first-order valence-corrected chi connectivity index (χ1v) is 6.37. The Morgan fingerprint density at radius 1 is 1.21 bits per heavy atom. The number of ether oxygens (including phenoxy) is 1. The van der Waals surface area contributed by atoms with Crippen molar-refractivity contribution in [3.63, 3.8) is 0 Å². The highest BCUT2D eigenvalue weighted by molar-refractivity contribution is 9.10. The van der Waals surface area contributed by atoms with E-state index in [1.54, 1.807) is 0 Å². The molecule has 0 radical (unpaired) electrons. The lowest BCUT2D eigenvalue weighted by molar-refractivity contribution is 0.459. The molecule has 6 heteroatoms. The van der Waals surface area contributed by atoms with Crippen LogP contribution in [0.1, 0.15) is 16.8 Å². The molecule has 0 spiro atoms. The van der Waals surface area contributed by atoms with Crippen molar-refractivity contribution < 1.29 is 4.74 Å². The predicted octanol–water partition coefficient (Wildman–Crippen LogP) is 2.93. The number of rotatable bonds is 3. The van der Waals surface area contributed by atoms with Gasteiger partial charge in [0.25, 0.3) is 0 Å². The van der Waals surface area contributed by atoms with Crippen molar-refractivity contribution in [3.05, 3.63) is 45.8 Å². The summed E-state index contributed by atoms with van der Waals surface area (Å²) in [6.45, 7) is 3.99. The van der Waals surface area contributed by atoms with Gasteiger partial charge < -0.3 is 10.5 Å². The molecule has 1 aromatic heterocycles. The second kappa shape index (κ2) is 5.36. The van der Waals surface area contributed by atoms with Gasteiger partial charge in [-0.2, -0.15) is 0 Å². The van der Waals surface area contributed by atoms with Crippen LogP contribution in [0.2, 0.25) is 0 Å². The molecule has 0 fully saturated rings. The maximum absolute atomic E-state index is 7.24. The summed E-state index contributed by atoms with van der Waals surface area (Å²) in [6.07, 6.45) is 2.86. The van der Waals surface area contributed by atoms with E-state index >= 15 is 0 Å². The first-order valence-electron chi connectivity index (χ1n) is 5.58. The minimum atomic E-state index is -0.116. The van der Waals surface area contributed by atoms with Gasteiger partial charge in [0.05, 0.1) is 12.4 Å². The van der Waals surface area contributed by atoms with Gasteiger partial charge in [0.15, 0.2) is 0 Å². The Kier molecular flexibility index (Phi) is 3.80. The summed E-state index contributed by atoms with van der Waals surface area (Å²) < 4.78 is 6.69. The molecule has 0 aliphatic carbocycles. The van der Waals surface area contributed by atoms with Crippen molar-refractivity contribution in [1.29, 1.82) is 5.41 Å². The number of nitrogens with two attached hydrogens (primary N) is 1. The molecule has 0 atom stereocenters. The molecule has 1 aromatic carbocycles. The first-order chi connectivity index (χ1) is 8.97. The molecule has 2 aromatic rings. The molecule has 0 saturated heterocycles. The number of aromatic nitrogens is 2. The normalized spacial score (nSPS) is 10.3. The van der Waals surface area contributed by atoms with Crippen LogP contribution in [-0.4, -0.2) is 15.8 Å². The van der Waals surface area contributed by atoms with Gasteiger partial charge in [-0.3, -0.25) is 5.41 Å². The largest absolute Gasteiger partial charge is 0.437 e. The second-order valence-electron chi connectivity index (χ2n) is 4.13. The summed E-state index contributed by atoms with van der Waals surface area (Å²) in [5.74, 6) is 0.948. The molecule has 0 aliphatic rings. The van der Waals surface area contributed by atoms with Gasteiger partial charge in [-0.05, 0) is 37.1 Å². The standard InChI is InChI=1S/C13H13BrN4O/c1-7-3-9(4-8(2)12(7)14)19-11-6-17-10(5-18-11)13(15)16/h3-6H,1-2H3,(H3,15,16). The van der Waals surface area contributed by atoms with E-state index in [1.165, 1.54) is 12.4 Å². The third kappa shape index (κ3) is 3.08. The van der Waals surface area contributed by atoms with Crippen molar-refractivity contribution in [2.75, 3.05) is 0 Å². The highest BCUT2D eigenvalue weighted by atomic mass is 79.9. The maximum atomic E-state index is 7.24. The number of nitrogens with zero attached hydrogens (tertiary/aromatic N) is 2. The molecular formula is C13H13BrN4O. The minimum absolute atomic E-state index is 0.116. The van der Waals surface area contributed by atoms with E-state index in [9.17, 15) is 0 Å². The Morgan fingerprint density at radius 2 is 1.84 bits per heavy atom. The highest BCUT2D eigenvalue weighted by Gasteiger charge is 2.06. The fourth-order valence-corrected chi connectivity index (χ4v) is 1.82. The van der Waals surface area contributed by atoms with Gasteiger partial charge in [-0.25, -0.2) is 9.97 Å². The van der Waals surface area contributed by atoms with E-state index in [0.29, 0.717) is 17.3 Å². The summed E-state index contributed by atoms with van der Waals surface area (Å²) in [5.41, 5.74) is 7.81. The number of hydrogen-bond donors (Lipinski definition) is 2. The molecule has 98 valence electrons. The second-order valence-corrected chi connectivity index (χ2v) is 4.92. The molecule has 0 bridgehead atoms. The average Bonchev–Trinajstić information content (AvgIpc) is 2.36.